The van der Waals surface area contributed by atoms with E-state index in [1.54, 1.807) is 30.3 Å². The number of hydrogen-bond donors (Lipinski definition) is 1. The average Bonchev–Trinajstić information content (AvgIpc) is 3.31. The standard InChI is InChI=1S/C19H17F3N2O2/c20-19(21,22)26-13-6-7-14-15(10-13)24(11-18(14)8-9-18)17(25)16(23)12-4-2-1-3-5-12/h1-7,10,16H,8-9,11,23H2. The summed E-state index contributed by atoms with van der Waals surface area (Å²) in [6.07, 6.45) is -2.97. The minimum Gasteiger partial charge on any atom is -0.406 e. The molecule has 2 aliphatic rings. The lowest BCUT2D eigenvalue weighted by Gasteiger charge is -2.22. The van der Waals surface area contributed by atoms with Crippen LogP contribution in [-0.2, 0) is 10.2 Å². The highest BCUT2D eigenvalue weighted by Gasteiger charge is 2.53. The number of nitrogens with zero attached hydrogens (tertiary/aromatic N) is 1. The molecule has 2 N–H and O–H groups in total. The average molecular weight is 362 g/mol. The molecule has 0 aromatic heterocycles. The molecule has 0 bridgehead atoms. The van der Waals surface area contributed by atoms with Crippen molar-refractivity contribution in [3.63, 3.8) is 0 Å². The van der Waals surface area contributed by atoms with Gasteiger partial charge in [-0.1, -0.05) is 36.4 Å². The highest BCUT2D eigenvalue weighted by Crippen LogP contribution is 2.57. The number of fused-ring (bicyclic) bond motifs is 2. The van der Waals surface area contributed by atoms with Gasteiger partial charge in [0.1, 0.15) is 11.8 Å². The van der Waals surface area contributed by atoms with Crippen molar-refractivity contribution in [2.45, 2.75) is 30.7 Å². The van der Waals surface area contributed by atoms with E-state index in [1.807, 2.05) is 6.07 Å². The maximum atomic E-state index is 13.0. The number of ether oxygens (including phenoxy) is 1. The van der Waals surface area contributed by atoms with Crippen molar-refractivity contribution in [3.05, 3.63) is 59.7 Å². The molecule has 26 heavy (non-hydrogen) atoms. The minimum absolute atomic E-state index is 0.155. The molecule has 4 rings (SSSR count). The third-order valence-electron chi connectivity index (χ3n) is 5.07. The molecule has 7 heteroatoms. The van der Waals surface area contributed by atoms with E-state index in [2.05, 4.69) is 4.74 Å². The van der Waals surface area contributed by atoms with Crippen molar-refractivity contribution in [2.75, 3.05) is 11.4 Å². The zero-order chi connectivity index (χ0) is 18.5. The Kier molecular flexibility index (Phi) is 3.73. The molecule has 136 valence electrons. The SMILES string of the molecule is NC(C(=O)N1CC2(CC2)c2ccc(OC(F)(F)F)cc21)c1ccccc1. The van der Waals surface area contributed by atoms with Crippen molar-refractivity contribution in [1.82, 2.24) is 0 Å². The number of halogens is 3. The fraction of sp³-hybridized carbons (Fsp3) is 0.316. The third-order valence-corrected chi connectivity index (χ3v) is 5.07. The Balaban J connectivity index is 1.67. The van der Waals surface area contributed by atoms with E-state index in [4.69, 9.17) is 5.73 Å². The van der Waals surface area contributed by atoms with E-state index < -0.39 is 12.4 Å². The first-order chi connectivity index (χ1) is 12.3. The highest BCUT2D eigenvalue weighted by molar-refractivity contribution is 6.00. The molecule has 0 radical (unpaired) electrons. The molecule has 0 saturated heterocycles. The van der Waals surface area contributed by atoms with Crippen LogP contribution in [0, 0.1) is 0 Å². The van der Waals surface area contributed by atoms with E-state index in [1.165, 1.54) is 17.0 Å². The predicted molar refractivity (Wildman–Crippen MR) is 89.8 cm³/mol. The number of anilines is 1. The minimum atomic E-state index is -4.78. The fourth-order valence-corrected chi connectivity index (χ4v) is 3.60. The van der Waals surface area contributed by atoms with Crippen LogP contribution < -0.4 is 15.4 Å². The fourth-order valence-electron chi connectivity index (χ4n) is 3.60. The van der Waals surface area contributed by atoms with Crippen molar-refractivity contribution >= 4 is 11.6 Å². The van der Waals surface area contributed by atoms with E-state index in [-0.39, 0.29) is 17.1 Å². The van der Waals surface area contributed by atoms with Crippen LogP contribution in [0.2, 0.25) is 0 Å². The first-order valence-corrected chi connectivity index (χ1v) is 8.31. The van der Waals surface area contributed by atoms with Crippen molar-refractivity contribution in [2.24, 2.45) is 5.73 Å². The van der Waals surface area contributed by atoms with Gasteiger partial charge in [0.05, 0.1) is 5.69 Å². The highest BCUT2D eigenvalue weighted by atomic mass is 19.4. The van der Waals surface area contributed by atoms with Crippen molar-refractivity contribution < 1.29 is 22.7 Å². The summed E-state index contributed by atoms with van der Waals surface area (Å²) in [6.45, 7) is 0.442. The van der Waals surface area contributed by atoms with Crippen LogP contribution in [0.5, 0.6) is 5.75 Å². The maximum absolute atomic E-state index is 13.0. The molecular formula is C19H17F3N2O2. The van der Waals surface area contributed by atoms with E-state index >= 15 is 0 Å². The van der Waals surface area contributed by atoms with Crippen LogP contribution in [-0.4, -0.2) is 18.8 Å². The van der Waals surface area contributed by atoms with Crippen LogP contribution in [0.25, 0.3) is 0 Å². The quantitative estimate of drug-likeness (QED) is 0.907. The topological polar surface area (TPSA) is 55.6 Å². The molecule has 1 atom stereocenters. The number of carbonyl (C=O) groups excluding carboxylic acids is 1. The van der Waals surface area contributed by atoms with E-state index in [0.29, 0.717) is 17.8 Å². The number of amides is 1. The van der Waals surface area contributed by atoms with Gasteiger partial charge in [-0.25, -0.2) is 0 Å². The van der Waals surface area contributed by atoms with Gasteiger partial charge in [-0.2, -0.15) is 0 Å². The Bertz CT molecular complexity index is 848. The van der Waals surface area contributed by atoms with Gasteiger partial charge < -0.3 is 15.4 Å². The number of benzene rings is 2. The van der Waals surface area contributed by atoms with Crippen LogP contribution >= 0.6 is 0 Å². The van der Waals surface area contributed by atoms with Crippen LogP contribution in [0.15, 0.2) is 48.5 Å². The second kappa shape index (κ2) is 5.74. The van der Waals surface area contributed by atoms with Gasteiger partial charge in [0.2, 0.25) is 5.91 Å². The molecule has 4 nitrogen and oxygen atoms in total. The van der Waals surface area contributed by atoms with Crippen molar-refractivity contribution in [1.29, 1.82) is 0 Å². The number of nitrogens with two attached hydrogens (primary N) is 1. The zero-order valence-electron chi connectivity index (χ0n) is 13.8. The Morgan fingerprint density at radius 1 is 1.15 bits per heavy atom. The first kappa shape index (κ1) is 16.9. The Morgan fingerprint density at radius 2 is 1.85 bits per heavy atom. The number of alkyl halides is 3. The van der Waals surface area contributed by atoms with Crippen LogP contribution in [0.1, 0.15) is 30.0 Å². The zero-order valence-corrected chi connectivity index (χ0v) is 13.8. The molecule has 1 aliphatic heterocycles. The normalized spacial score (nSPS) is 18.5. The van der Waals surface area contributed by atoms with Gasteiger partial charge in [-0.05, 0) is 30.0 Å². The summed E-state index contributed by atoms with van der Waals surface area (Å²) in [6, 6.07) is 12.3. The predicted octanol–water partition coefficient (Wildman–Crippen LogP) is 3.66. The lowest BCUT2D eigenvalue weighted by Crippen LogP contribution is -2.38. The number of rotatable bonds is 3. The van der Waals surface area contributed by atoms with Gasteiger partial charge >= 0.3 is 6.36 Å². The molecule has 1 spiro atoms. The molecule has 1 heterocycles. The number of hydrogen-bond acceptors (Lipinski definition) is 3. The van der Waals surface area contributed by atoms with Crippen molar-refractivity contribution in [3.8, 4) is 5.75 Å². The lowest BCUT2D eigenvalue weighted by molar-refractivity contribution is -0.274. The first-order valence-electron chi connectivity index (χ1n) is 8.31. The molecule has 1 unspecified atom stereocenters. The Labute approximate surface area is 148 Å². The van der Waals surface area contributed by atoms with Gasteiger partial charge in [-0.3, -0.25) is 4.79 Å². The molecule has 2 aromatic carbocycles. The van der Waals surface area contributed by atoms with Gasteiger partial charge in [0, 0.05) is 18.0 Å². The molecule has 2 aromatic rings. The molecule has 1 aliphatic carbocycles. The van der Waals surface area contributed by atoms with E-state index in [0.717, 1.165) is 18.4 Å². The summed E-state index contributed by atoms with van der Waals surface area (Å²) in [7, 11) is 0. The van der Waals surface area contributed by atoms with Gasteiger partial charge in [0.15, 0.2) is 0 Å². The number of carbonyl (C=O) groups is 1. The van der Waals surface area contributed by atoms with Gasteiger partial charge in [0.25, 0.3) is 0 Å². The van der Waals surface area contributed by atoms with E-state index in [9.17, 15) is 18.0 Å². The Morgan fingerprint density at radius 3 is 2.46 bits per heavy atom. The summed E-state index contributed by atoms with van der Waals surface area (Å²) in [5, 5.41) is 0. The summed E-state index contributed by atoms with van der Waals surface area (Å²) in [5.41, 5.74) is 7.98. The Hall–Kier alpha value is -2.54. The van der Waals surface area contributed by atoms with Crippen LogP contribution in [0.3, 0.4) is 0 Å². The monoisotopic (exact) mass is 362 g/mol. The second-order valence-electron chi connectivity index (χ2n) is 6.82. The molecule has 1 amide bonds. The molecule has 1 fully saturated rings. The largest absolute Gasteiger partial charge is 0.573 e. The second-order valence-corrected chi connectivity index (χ2v) is 6.82. The lowest BCUT2D eigenvalue weighted by atomic mass is 9.99. The maximum Gasteiger partial charge on any atom is 0.573 e. The summed E-state index contributed by atoms with van der Waals surface area (Å²) < 4.78 is 41.6. The van der Waals surface area contributed by atoms with Gasteiger partial charge in [-0.15, -0.1) is 13.2 Å². The summed E-state index contributed by atoms with van der Waals surface area (Å²) in [4.78, 5) is 14.5. The summed E-state index contributed by atoms with van der Waals surface area (Å²) in [5.74, 6) is -0.662. The smallest absolute Gasteiger partial charge is 0.406 e. The molecular weight excluding hydrogens is 345 g/mol. The third kappa shape index (κ3) is 2.92. The summed E-state index contributed by atoms with van der Waals surface area (Å²) >= 11 is 0. The van der Waals surface area contributed by atoms with Crippen LogP contribution in [0.4, 0.5) is 18.9 Å². The molecule has 1 saturated carbocycles.